The van der Waals surface area contributed by atoms with E-state index in [9.17, 15) is 0 Å². The molecular weight excluding hydrogens is 353 g/mol. The van der Waals surface area contributed by atoms with Crippen LogP contribution >= 0.6 is 0 Å². The van der Waals surface area contributed by atoms with E-state index in [1.807, 2.05) is 91.0 Å². The van der Waals surface area contributed by atoms with Crippen LogP contribution in [0, 0.1) is 46.9 Å². The molecule has 3 aromatic carbocycles. The first-order valence-corrected chi connectivity index (χ1v) is 5.00. The summed E-state index contributed by atoms with van der Waals surface area (Å²) in [6.45, 7) is 0. The molecule has 0 N–H and O–H groups in total. The SMILES string of the molecule is [Yb].[cH-]1[cH-][cH-][cH-][cH-]1.c1cc[cH-]c1.c1cc[cH-]c1. The van der Waals surface area contributed by atoms with E-state index < -0.39 is 0 Å². The monoisotopic (exact) mass is 369 g/mol. The molecule has 1 heteroatoms. The van der Waals surface area contributed by atoms with Gasteiger partial charge >= 0.3 is 0 Å². The van der Waals surface area contributed by atoms with Gasteiger partial charge in [0.15, 0.2) is 0 Å². The van der Waals surface area contributed by atoms with Gasteiger partial charge in [-0.25, -0.2) is 24.3 Å². The zero-order valence-electron chi connectivity index (χ0n) is 8.93. The summed E-state index contributed by atoms with van der Waals surface area (Å²) in [6, 6.07) is 30.0. The molecule has 3 aromatic rings. The molecular formula is C15H15Yb-7. The fourth-order valence-electron chi connectivity index (χ4n) is 0.962. The molecule has 96 valence electrons. The molecule has 0 heterocycles. The van der Waals surface area contributed by atoms with Crippen molar-refractivity contribution in [3.8, 4) is 0 Å². The topological polar surface area (TPSA) is 0 Å². The molecule has 3 rings (SSSR count). The molecule has 0 bridgehead atoms. The Morgan fingerprint density at radius 2 is 0.688 bits per heavy atom. The van der Waals surface area contributed by atoms with Gasteiger partial charge in [0.25, 0.3) is 0 Å². The summed E-state index contributed by atoms with van der Waals surface area (Å²) in [4.78, 5) is 0. The van der Waals surface area contributed by atoms with E-state index in [4.69, 9.17) is 0 Å². The molecule has 0 aliphatic carbocycles. The average molecular weight is 368 g/mol. The maximum Gasteiger partial charge on any atom is 0 e. The quantitative estimate of drug-likeness (QED) is 0.522. The Kier molecular flexibility index (Phi) is 12.3. The van der Waals surface area contributed by atoms with Crippen molar-refractivity contribution in [2.24, 2.45) is 0 Å². The van der Waals surface area contributed by atoms with E-state index in [1.165, 1.54) is 0 Å². The van der Waals surface area contributed by atoms with Crippen LogP contribution in [0.4, 0.5) is 0 Å². The van der Waals surface area contributed by atoms with E-state index in [0.29, 0.717) is 0 Å². The summed E-state index contributed by atoms with van der Waals surface area (Å²) in [5.41, 5.74) is 0. The van der Waals surface area contributed by atoms with Crippen LogP contribution in [0.15, 0.2) is 91.0 Å². The van der Waals surface area contributed by atoms with E-state index in [2.05, 4.69) is 0 Å². The molecule has 0 saturated heterocycles. The maximum absolute atomic E-state index is 2.00. The Labute approximate surface area is 136 Å². The molecule has 0 radical (unpaired) electrons. The summed E-state index contributed by atoms with van der Waals surface area (Å²) in [5, 5.41) is 0. The van der Waals surface area contributed by atoms with Gasteiger partial charge in [0.2, 0.25) is 0 Å². The molecule has 0 saturated carbocycles. The van der Waals surface area contributed by atoms with Crippen LogP contribution < -0.4 is 0 Å². The summed E-state index contributed by atoms with van der Waals surface area (Å²) < 4.78 is 0. The van der Waals surface area contributed by atoms with Crippen LogP contribution in [0.1, 0.15) is 0 Å². The normalized spacial score (nSPS) is 7.50. The molecule has 0 atom stereocenters. The largest absolute Gasteiger partial charge is 0.748 e. The predicted octanol–water partition coefficient (Wildman–Crippen LogP) is 4.22. The minimum Gasteiger partial charge on any atom is -0.748 e. The molecule has 0 fully saturated rings. The average Bonchev–Trinajstić information content (AvgIpc) is 3.09. The van der Waals surface area contributed by atoms with Gasteiger partial charge in [-0.3, -0.25) is 0 Å². The number of hydrogen-bond donors (Lipinski definition) is 0. The van der Waals surface area contributed by atoms with Crippen LogP contribution in [-0.2, 0) is 0 Å². The Bertz CT molecular complexity index is 237. The summed E-state index contributed by atoms with van der Waals surface area (Å²) in [5.74, 6) is 0. The number of hydrogen-bond acceptors (Lipinski definition) is 0. The number of rotatable bonds is 0. The molecule has 0 amide bonds. The summed E-state index contributed by atoms with van der Waals surface area (Å²) in [6.07, 6.45) is 0. The van der Waals surface area contributed by atoms with Crippen molar-refractivity contribution in [2.75, 3.05) is 0 Å². The molecule has 16 heavy (non-hydrogen) atoms. The Balaban J connectivity index is 0.000000205. The van der Waals surface area contributed by atoms with E-state index in [-0.39, 0.29) is 46.9 Å². The maximum atomic E-state index is 2.00. The molecule has 0 aromatic heterocycles. The minimum atomic E-state index is 0. The Hall–Kier alpha value is -0.431. The van der Waals surface area contributed by atoms with Crippen molar-refractivity contribution in [1.82, 2.24) is 0 Å². The van der Waals surface area contributed by atoms with Crippen LogP contribution in [0.3, 0.4) is 0 Å². The fourth-order valence-corrected chi connectivity index (χ4v) is 0.962. The van der Waals surface area contributed by atoms with Gasteiger partial charge in [-0.15, -0.1) is 0 Å². The van der Waals surface area contributed by atoms with Crippen molar-refractivity contribution in [3.63, 3.8) is 0 Å². The van der Waals surface area contributed by atoms with Gasteiger partial charge in [-0.2, -0.15) is 36.4 Å². The Morgan fingerprint density at radius 1 is 0.438 bits per heavy atom. The standard InChI is InChI=1S/3C5H5.Yb/c3*1-2-4-5-3-1;/h3*1-5H;/q-5;2*-1;. The molecule has 0 nitrogen and oxygen atoms in total. The smallest absolute Gasteiger partial charge is 0 e. The fraction of sp³-hybridized carbons (Fsp3) is 0. The third-order valence-electron chi connectivity index (χ3n) is 1.67. The molecule has 0 aliphatic heterocycles. The van der Waals surface area contributed by atoms with Crippen molar-refractivity contribution in [1.29, 1.82) is 0 Å². The molecule has 0 spiro atoms. The summed E-state index contributed by atoms with van der Waals surface area (Å²) >= 11 is 0. The van der Waals surface area contributed by atoms with Crippen molar-refractivity contribution in [3.05, 3.63) is 91.0 Å². The molecule has 0 unspecified atom stereocenters. The first-order valence-electron chi connectivity index (χ1n) is 5.00. The van der Waals surface area contributed by atoms with Gasteiger partial charge in [0.1, 0.15) is 0 Å². The van der Waals surface area contributed by atoms with E-state index >= 15 is 0 Å². The summed E-state index contributed by atoms with van der Waals surface area (Å²) in [7, 11) is 0. The Morgan fingerprint density at radius 3 is 0.812 bits per heavy atom. The van der Waals surface area contributed by atoms with Crippen LogP contribution in [-0.4, -0.2) is 0 Å². The molecule has 0 aliphatic rings. The van der Waals surface area contributed by atoms with E-state index in [1.54, 1.807) is 0 Å². The van der Waals surface area contributed by atoms with Crippen LogP contribution in [0.5, 0.6) is 0 Å². The third-order valence-corrected chi connectivity index (χ3v) is 1.67. The zero-order chi connectivity index (χ0) is 10.6. The van der Waals surface area contributed by atoms with Crippen LogP contribution in [0.2, 0.25) is 0 Å². The second kappa shape index (κ2) is 12.6. The first kappa shape index (κ1) is 15.6. The second-order valence-electron chi connectivity index (χ2n) is 2.89. The van der Waals surface area contributed by atoms with Gasteiger partial charge in [0.05, 0.1) is 0 Å². The predicted molar refractivity (Wildman–Crippen MR) is 66.1 cm³/mol. The van der Waals surface area contributed by atoms with Gasteiger partial charge in [0, 0.05) is 46.9 Å². The van der Waals surface area contributed by atoms with Gasteiger partial charge in [-0.05, 0) is 0 Å². The van der Waals surface area contributed by atoms with Crippen molar-refractivity contribution in [2.45, 2.75) is 0 Å². The van der Waals surface area contributed by atoms with Gasteiger partial charge in [-0.1, -0.05) is 0 Å². The zero-order valence-corrected chi connectivity index (χ0v) is 10.6. The van der Waals surface area contributed by atoms with Crippen molar-refractivity contribution < 1.29 is 46.9 Å². The van der Waals surface area contributed by atoms with Crippen LogP contribution in [0.25, 0.3) is 0 Å². The van der Waals surface area contributed by atoms with E-state index in [0.717, 1.165) is 0 Å². The van der Waals surface area contributed by atoms with Gasteiger partial charge < -0.3 is 30.3 Å². The second-order valence-corrected chi connectivity index (χ2v) is 2.89. The minimum absolute atomic E-state index is 0. The first-order chi connectivity index (χ1) is 7.50. The third kappa shape index (κ3) is 10.1. The van der Waals surface area contributed by atoms with Crippen molar-refractivity contribution >= 4 is 0 Å².